The molecule has 1 saturated heterocycles. The molecule has 1 aliphatic heterocycles. The summed E-state index contributed by atoms with van der Waals surface area (Å²) in [5.41, 5.74) is 0.986. The first-order valence-electron chi connectivity index (χ1n) is 5.95. The first-order chi connectivity index (χ1) is 7.75. The zero-order valence-corrected chi connectivity index (χ0v) is 9.39. The Morgan fingerprint density at radius 1 is 1.38 bits per heavy atom. The number of phenols is 1. The van der Waals surface area contributed by atoms with Crippen molar-refractivity contribution >= 4 is 0 Å². The number of hydrogen-bond donors (Lipinski definition) is 3. The molecular formula is C13H19NO2. The molecule has 0 bridgehead atoms. The molecule has 0 saturated carbocycles. The Kier molecular flexibility index (Phi) is 3.80. The van der Waals surface area contributed by atoms with Crippen LogP contribution in [0.1, 0.15) is 24.8 Å². The van der Waals surface area contributed by atoms with Crippen LogP contribution in [0.4, 0.5) is 0 Å². The molecule has 16 heavy (non-hydrogen) atoms. The summed E-state index contributed by atoms with van der Waals surface area (Å²) < 4.78 is 0. The Morgan fingerprint density at radius 2 is 2.25 bits per heavy atom. The lowest BCUT2D eigenvalue weighted by Gasteiger charge is -2.28. The second kappa shape index (κ2) is 5.32. The van der Waals surface area contributed by atoms with E-state index in [-0.39, 0.29) is 17.9 Å². The van der Waals surface area contributed by atoms with Crippen LogP contribution in [-0.2, 0) is 6.42 Å². The minimum absolute atomic E-state index is 0.205. The van der Waals surface area contributed by atoms with Gasteiger partial charge in [-0.25, -0.2) is 0 Å². The number of hydrogen-bond acceptors (Lipinski definition) is 3. The summed E-state index contributed by atoms with van der Waals surface area (Å²) in [7, 11) is 0. The van der Waals surface area contributed by atoms with Gasteiger partial charge >= 0.3 is 0 Å². The summed E-state index contributed by atoms with van der Waals surface area (Å²) in [6.45, 7) is 1.00. The van der Waals surface area contributed by atoms with Gasteiger partial charge in [0.15, 0.2) is 0 Å². The molecule has 3 nitrogen and oxygen atoms in total. The van der Waals surface area contributed by atoms with Crippen LogP contribution < -0.4 is 5.32 Å². The van der Waals surface area contributed by atoms with Crippen molar-refractivity contribution in [3.63, 3.8) is 0 Å². The number of aromatic hydroxyl groups is 1. The van der Waals surface area contributed by atoms with Gasteiger partial charge in [0.05, 0.1) is 6.10 Å². The maximum atomic E-state index is 10.1. The van der Waals surface area contributed by atoms with E-state index in [1.807, 2.05) is 12.1 Å². The summed E-state index contributed by atoms with van der Waals surface area (Å²) in [4.78, 5) is 0. The minimum atomic E-state index is -0.359. The average molecular weight is 221 g/mol. The molecule has 3 N–H and O–H groups in total. The molecule has 0 radical (unpaired) electrons. The SMILES string of the molecule is Oc1cccc(CC(O)C2CCCCN2)c1. The molecule has 1 heterocycles. The maximum Gasteiger partial charge on any atom is 0.115 e. The normalized spacial score (nSPS) is 22.9. The van der Waals surface area contributed by atoms with Crippen LogP contribution in [0.5, 0.6) is 5.75 Å². The van der Waals surface area contributed by atoms with E-state index in [9.17, 15) is 10.2 Å². The number of phenolic OH excluding ortho intramolecular Hbond substituents is 1. The molecule has 3 heteroatoms. The molecule has 2 rings (SSSR count). The molecule has 88 valence electrons. The average Bonchev–Trinajstić information content (AvgIpc) is 2.30. The van der Waals surface area contributed by atoms with Gasteiger partial charge in [-0.3, -0.25) is 0 Å². The first kappa shape index (κ1) is 11.4. The fourth-order valence-corrected chi connectivity index (χ4v) is 2.27. The summed E-state index contributed by atoms with van der Waals surface area (Å²) in [6.07, 6.45) is 3.68. The number of piperidine rings is 1. The highest BCUT2D eigenvalue weighted by molar-refractivity contribution is 5.27. The highest BCUT2D eigenvalue weighted by Crippen LogP contribution is 2.17. The molecule has 1 aliphatic rings. The Balaban J connectivity index is 1.93. The van der Waals surface area contributed by atoms with Gasteiger partial charge in [-0.2, -0.15) is 0 Å². The maximum absolute atomic E-state index is 10.1. The fourth-order valence-electron chi connectivity index (χ4n) is 2.27. The van der Waals surface area contributed by atoms with Crippen molar-refractivity contribution in [2.45, 2.75) is 37.8 Å². The number of aliphatic hydroxyl groups excluding tert-OH is 1. The van der Waals surface area contributed by atoms with Gasteiger partial charge < -0.3 is 15.5 Å². The third kappa shape index (κ3) is 2.97. The van der Waals surface area contributed by atoms with Gasteiger partial charge in [-0.15, -0.1) is 0 Å². The summed E-state index contributed by atoms with van der Waals surface area (Å²) in [5.74, 6) is 0.265. The topological polar surface area (TPSA) is 52.5 Å². The van der Waals surface area contributed by atoms with Crippen LogP contribution in [-0.4, -0.2) is 28.9 Å². The monoisotopic (exact) mass is 221 g/mol. The number of nitrogens with one attached hydrogen (secondary N) is 1. The largest absolute Gasteiger partial charge is 0.508 e. The highest BCUT2D eigenvalue weighted by Gasteiger charge is 2.21. The lowest BCUT2D eigenvalue weighted by molar-refractivity contribution is 0.113. The lowest BCUT2D eigenvalue weighted by Crippen LogP contribution is -2.44. The summed E-state index contributed by atoms with van der Waals surface area (Å²) in [5, 5.41) is 22.8. The molecule has 0 spiro atoms. The highest BCUT2D eigenvalue weighted by atomic mass is 16.3. The molecule has 0 aliphatic carbocycles. The summed E-state index contributed by atoms with van der Waals surface area (Å²) >= 11 is 0. The van der Waals surface area contributed by atoms with Crippen LogP contribution >= 0.6 is 0 Å². The molecule has 1 fully saturated rings. The second-order valence-electron chi connectivity index (χ2n) is 4.50. The van der Waals surface area contributed by atoms with Gasteiger partial charge in [-0.1, -0.05) is 18.6 Å². The third-order valence-electron chi connectivity index (χ3n) is 3.17. The van der Waals surface area contributed by atoms with Gasteiger partial charge in [0.25, 0.3) is 0 Å². The molecular weight excluding hydrogens is 202 g/mol. The van der Waals surface area contributed by atoms with E-state index in [0.29, 0.717) is 6.42 Å². The zero-order valence-electron chi connectivity index (χ0n) is 9.39. The Labute approximate surface area is 96.1 Å². The van der Waals surface area contributed by atoms with E-state index in [4.69, 9.17) is 0 Å². The van der Waals surface area contributed by atoms with E-state index >= 15 is 0 Å². The molecule has 2 unspecified atom stereocenters. The van der Waals surface area contributed by atoms with E-state index in [1.54, 1.807) is 12.1 Å². The van der Waals surface area contributed by atoms with E-state index in [1.165, 1.54) is 12.8 Å². The second-order valence-corrected chi connectivity index (χ2v) is 4.50. The van der Waals surface area contributed by atoms with Crippen LogP contribution in [0, 0.1) is 0 Å². The van der Waals surface area contributed by atoms with E-state index < -0.39 is 0 Å². The molecule has 2 atom stereocenters. The number of benzene rings is 1. The van der Waals surface area contributed by atoms with Crippen molar-refractivity contribution in [2.75, 3.05) is 6.54 Å². The Morgan fingerprint density at radius 3 is 2.94 bits per heavy atom. The molecule has 0 amide bonds. The van der Waals surface area contributed by atoms with Crippen molar-refractivity contribution in [3.05, 3.63) is 29.8 Å². The zero-order chi connectivity index (χ0) is 11.4. The van der Waals surface area contributed by atoms with Gasteiger partial charge in [0, 0.05) is 12.5 Å². The summed E-state index contributed by atoms with van der Waals surface area (Å²) in [6, 6.07) is 7.31. The molecule has 1 aromatic carbocycles. The van der Waals surface area contributed by atoms with Crippen LogP contribution in [0.3, 0.4) is 0 Å². The van der Waals surface area contributed by atoms with Crippen molar-refractivity contribution in [1.29, 1.82) is 0 Å². The van der Waals surface area contributed by atoms with Gasteiger partial charge in [0.2, 0.25) is 0 Å². The lowest BCUT2D eigenvalue weighted by atomic mass is 9.95. The van der Waals surface area contributed by atoms with Crippen LogP contribution in [0.15, 0.2) is 24.3 Å². The Bertz CT molecular complexity index is 334. The predicted molar refractivity (Wildman–Crippen MR) is 63.5 cm³/mol. The number of rotatable bonds is 3. The van der Waals surface area contributed by atoms with Crippen molar-refractivity contribution in [3.8, 4) is 5.75 Å². The quantitative estimate of drug-likeness (QED) is 0.724. The van der Waals surface area contributed by atoms with Crippen LogP contribution in [0.25, 0.3) is 0 Å². The molecule has 0 aromatic heterocycles. The van der Waals surface area contributed by atoms with Crippen molar-refractivity contribution in [2.24, 2.45) is 0 Å². The first-order valence-corrected chi connectivity index (χ1v) is 5.95. The Hall–Kier alpha value is -1.06. The van der Waals surface area contributed by atoms with E-state index in [2.05, 4.69) is 5.32 Å². The van der Waals surface area contributed by atoms with Gasteiger partial charge in [0.1, 0.15) is 5.75 Å². The third-order valence-corrected chi connectivity index (χ3v) is 3.17. The number of aliphatic hydroxyl groups is 1. The standard InChI is InChI=1S/C13H19NO2/c15-11-5-3-4-10(8-11)9-13(16)12-6-1-2-7-14-12/h3-5,8,12-16H,1-2,6-7,9H2. The fraction of sp³-hybridized carbons (Fsp3) is 0.538. The smallest absolute Gasteiger partial charge is 0.115 e. The van der Waals surface area contributed by atoms with Crippen LogP contribution in [0.2, 0.25) is 0 Å². The minimum Gasteiger partial charge on any atom is -0.508 e. The van der Waals surface area contributed by atoms with E-state index in [0.717, 1.165) is 18.5 Å². The predicted octanol–water partition coefficient (Wildman–Crippen LogP) is 1.44. The molecule has 1 aromatic rings. The van der Waals surface area contributed by atoms with Crippen molar-refractivity contribution < 1.29 is 10.2 Å². The van der Waals surface area contributed by atoms with Crippen molar-refractivity contribution in [1.82, 2.24) is 5.32 Å². The van der Waals surface area contributed by atoms with Gasteiger partial charge in [-0.05, 0) is 37.1 Å².